The zero-order valence-corrected chi connectivity index (χ0v) is 14.0. The molecule has 1 atom stereocenters. The summed E-state index contributed by atoms with van der Waals surface area (Å²) in [5.74, 6) is -2.89. The molecule has 0 saturated carbocycles. The molecule has 1 heterocycles. The molecule has 1 aromatic heterocycles. The van der Waals surface area contributed by atoms with Crippen LogP contribution in [0.3, 0.4) is 0 Å². The van der Waals surface area contributed by atoms with Crippen LogP contribution in [0.1, 0.15) is 48.6 Å². The van der Waals surface area contributed by atoms with Crippen LogP contribution in [-0.2, 0) is 12.8 Å². The molecule has 0 aliphatic carbocycles. The van der Waals surface area contributed by atoms with E-state index < -0.39 is 23.4 Å². The Kier molecular flexibility index (Phi) is 5.31. The lowest BCUT2D eigenvalue weighted by Gasteiger charge is -2.16. The van der Waals surface area contributed by atoms with Gasteiger partial charge in [0.25, 0.3) is 0 Å². The number of nitrogens with zero attached hydrogens (tertiary/aromatic N) is 2. The van der Waals surface area contributed by atoms with Gasteiger partial charge in [0, 0.05) is 11.1 Å². The van der Waals surface area contributed by atoms with Crippen molar-refractivity contribution in [2.45, 2.75) is 46.0 Å². The van der Waals surface area contributed by atoms with Gasteiger partial charge in [-0.1, -0.05) is 13.8 Å². The van der Waals surface area contributed by atoms with Crippen molar-refractivity contribution in [2.75, 3.05) is 11.5 Å². The van der Waals surface area contributed by atoms with Gasteiger partial charge in [0.05, 0.1) is 5.69 Å². The van der Waals surface area contributed by atoms with Gasteiger partial charge < -0.3 is 11.5 Å². The molecule has 7 heteroatoms. The van der Waals surface area contributed by atoms with Gasteiger partial charge in [-0.3, -0.25) is 0 Å². The summed E-state index contributed by atoms with van der Waals surface area (Å²) in [5, 5.41) is 0. The number of benzene rings is 1. The maximum Gasteiger partial charge on any atom is 0.222 e. The van der Waals surface area contributed by atoms with Crippen LogP contribution in [0.4, 0.5) is 24.9 Å². The van der Waals surface area contributed by atoms with E-state index in [1.54, 1.807) is 6.92 Å². The highest BCUT2D eigenvalue weighted by atomic mass is 19.2. The third-order valence-corrected chi connectivity index (χ3v) is 4.25. The maximum absolute atomic E-state index is 14.1. The highest BCUT2D eigenvalue weighted by Gasteiger charge is 2.20. The standard InChI is InChI=1S/C17H21F3N4/c1-4-13-10(16(21)24-17(22)23-13)6-5-8(2)11-7-12(18)9(3)14(19)15(11)20/h7-8H,4-6H2,1-3H3,(H4,21,22,23,24). The van der Waals surface area contributed by atoms with Crippen molar-refractivity contribution in [1.82, 2.24) is 9.97 Å². The minimum atomic E-state index is -1.14. The monoisotopic (exact) mass is 338 g/mol. The lowest BCUT2D eigenvalue weighted by molar-refractivity contribution is 0.465. The van der Waals surface area contributed by atoms with Gasteiger partial charge in [0.15, 0.2) is 11.6 Å². The first kappa shape index (κ1) is 18.0. The average molecular weight is 338 g/mol. The van der Waals surface area contributed by atoms with Crippen LogP contribution < -0.4 is 11.5 Å². The largest absolute Gasteiger partial charge is 0.383 e. The van der Waals surface area contributed by atoms with Crippen molar-refractivity contribution in [3.63, 3.8) is 0 Å². The molecule has 1 aromatic carbocycles. The van der Waals surface area contributed by atoms with Crippen molar-refractivity contribution in [3.8, 4) is 0 Å². The fourth-order valence-corrected chi connectivity index (χ4v) is 2.71. The number of hydrogen-bond donors (Lipinski definition) is 2. The molecule has 0 amide bonds. The molecule has 4 nitrogen and oxygen atoms in total. The molecule has 0 bridgehead atoms. The molecule has 0 aliphatic rings. The topological polar surface area (TPSA) is 77.8 Å². The number of nitrogens with two attached hydrogens (primary N) is 2. The molecule has 2 rings (SSSR count). The molecule has 24 heavy (non-hydrogen) atoms. The van der Waals surface area contributed by atoms with E-state index >= 15 is 0 Å². The molecule has 4 N–H and O–H groups in total. The minimum absolute atomic E-state index is 0.0172. The average Bonchev–Trinajstić information content (AvgIpc) is 2.54. The van der Waals surface area contributed by atoms with Gasteiger partial charge >= 0.3 is 0 Å². The van der Waals surface area contributed by atoms with Crippen LogP contribution in [-0.4, -0.2) is 9.97 Å². The first-order valence-electron chi connectivity index (χ1n) is 7.80. The third kappa shape index (κ3) is 3.44. The van der Waals surface area contributed by atoms with E-state index in [1.807, 2.05) is 6.92 Å². The quantitative estimate of drug-likeness (QED) is 0.816. The van der Waals surface area contributed by atoms with Crippen molar-refractivity contribution >= 4 is 11.8 Å². The highest BCUT2D eigenvalue weighted by Crippen LogP contribution is 2.29. The molecule has 0 fully saturated rings. The molecular formula is C17H21F3N4. The summed E-state index contributed by atoms with van der Waals surface area (Å²) in [5.41, 5.74) is 12.7. The second kappa shape index (κ2) is 7.07. The second-order valence-corrected chi connectivity index (χ2v) is 5.89. The number of aryl methyl sites for hydroxylation is 1. The van der Waals surface area contributed by atoms with Crippen LogP contribution in [0, 0.1) is 24.4 Å². The van der Waals surface area contributed by atoms with E-state index in [0.29, 0.717) is 19.3 Å². The van der Waals surface area contributed by atoms with E-state index in [0.717, 1.165) is 17.3 Å². The molecular weight excluding hydrogens is 317 g/mol. The first-order chi connectivity index (χ1) is 11.3. The molecule has 0 saturated heterocycles. The number of rotatable bonds is 5. The molecule has 0 aliphatic heterocycles. The highest BCUT2D eigenvalue weighted by molar-refractivity contribution is 5.46. The Hall–Kier alpha value is -2.31. The summed E-state index contributed by atoms with van der Waals surface area (Å²) in [7, 11) is 0. The van der Waals surface area contributed by atoms with Crippen LogP contribution in [0.25, 0.3) is 0 Å². The lowest BCUT2D eigenvalue weighted by Crippen LogP contribution is -2.10. The van der Waals surface area contributed by atoms with E-state index in [2.05, 4.69) is 9.97 Å². The number of hydrogen-bond acceptors (Lipinski definition) is 4. The van der Waals surface area contributed by atoms with Crippen molar-refractivity contribution in [3.05, 3.63) is 45.9 Å². The van der Waals surface area contributed by atoms with E-state index in [-0.39, 0.29) is 22.9 Å². The fourth-order valence-electron chi connectivity index (χ4n) is 2.71. The Bertz CT molecular complexity index is 762. The summed E-state index contributed by atoms with van der Waals surface area (Å²) in [6, 6.07) is 1.06. The SMILES string of the molecule is CCc1nc(N)nc(N)c1CCC(C)c1cc(F)c(C)c(F)c1F. The van der Waals surface area contributed by atoms with Crippen LogP contribution in [0.5, 0.6) is 0 Å². The molecule has 130 valence electrons. The summed E-state index contributed by atoms with van der Waals surface area (Å²) in [6.45, 7) is 4.84. The summed E-state index contributed by atoms with van der Waals surface area (Å²) < 4.78 is 41.5. The van der Waals surface area contributed by atoms with Gasteiger partial charge in [-0.15, -0.1) is 0 Å². The van der Waals surface area contributed by atoms with E-state index in [1.165, 1.54) is 6.92 Å². The van der Waals surface area contributed by atoms with Gasteiger partial charge in [0.2, 0.25) is 5.95 Å². The Morgan fingerprint density at radius 3 is 2.42 bits per heavy atom. The van der Waals surface area contributed by atoms with Gasteiger partial charge in [-0.05, 0) is 43.7 Å². The zero-order valence-electron chi connectivity index (χ0n) is 14.0. The van der Waals surface area contributed by atoms with Crippen molar-refractivity contribution in [2.24, 2.45) is 0 Å². The minimum Gasteiger partial charge on any atom is -0.383 e. The van der Waals surface area contributed by atoms with Crippen LogP contribution in [0.15, 0.2) is 6.07 Å². The molecule has 0 radical (unpaired) electrons. The van der Waals surface area contributed by atoms with Crippen molar-refractivity contribution in [1.29, 1.82) is 0 Å². The second-order valence-electron chi connectivity index (χ2n) is 5.89. The number of halogens is 3. The Morgan fingerprint density at radius 2 is 1.79 bits per heavy atom. The lowest BCUT2D eigenvalue weighted by atomic mass is 9.92. The van der Waals surface area contributed by atoms with E-state index in [4.69, 9.17) is 11.5 Å². The Labute approximate surface area is 139 Å². The van der Waals surface area contributed by atoms with Crippen LogP contribution in [0.2, 0.25) is 0 Å². The van der Waals surface area contributed by atoms with Crippen LogP contribution >= 0.6 is 0 Å². The normalized spacial score (nSPS) is 12.4. The fraction of sp³-hybridized carbons (Fsp3) is 0.412. The Morgan fingerprint density at radius 1 is 1.12 bits per heavy atom. The summed E-state index contributed by atoms with van der Waals surface area (Å²) in [6.07, 6.45) is 1.54. The number of aromatic nitrogens is 2. The maximum atomic E-state index is 14.1. The predicted molar refractivity (Wildman–Crippen MR) is 88.0 cm³/mol. The first-order valence-corrected chi connectivity index (χ1v) is 7.80. The number of anilines is 2. The third-order valence-electron chi connectivity index (χ3n) is 4.25. The van der Waals surface area contributed by atoms with Gasteiger partial charge in [0.1, 0.15) is 11.6 Å². The number of nitrogen functional groups attached to an aromatic ring is 2. The molecule has 1 unspecified atom stereocenters. The smallest absolute Gasteiger partial charge is 0.222 e. The van der Waals surface area contributed by atoms with E-state index in [9.17, 15) is 13.2 Å². The zero-order chi connectivity index (χ0) is 18.0. The van der Waals surface area contributed by atoms with Gasteiger partial charge in [-0.2, -0.15) is 4.98 Å². The molecule has 2 aromatic rings. The van der Waals surface area contributed by atoms with Gasteiger partial charge in [-0.25, -0.2) is 18.2 Å². The summed E-state index contributed by atoms with van der Waals surface area (Å²) >= 11 is 0. The Balaban J connectivity index is 2.25. The van der Waals surface area contributed by atoms with Crippen molar-refractivity contribution < 1.29 is 13.2 Å². The molecule has 0 spiro atoms. The summed E-state index contributed by atoms with van der Waals surface area (Å²) in [4.78, 5) is 8.09. The predicted octanol–water partition coefficient (Wildman–Crippen LogP) is 3.67.